The van der Waals surface area contributed by atoms with E-state index < -0.39 is 0 Å². The Bertz CT molecular complexity index is 813. The molecule has 6 heteroatoms. The maximum atomic E-state index is 11.8. The maximum Gasteiger partial charge on any atom is 0.257 e. The summed E-state index contributed by atoms with van der Waals surface area (Å²) in [5, 5.41) is 10.8. The molecule has 1 N–H and O–H groups in total. The minimum atomic E-state index is -0.192. The van der Waals surface area contributed by atoms with Crippen molar-refractivity contribution in [2.75, 3.05) is 13.2 Å². The molecule has 3 rings (SSSR count). The van der Waals surface area contributed by atoms with E-state index in [1.165, 1.54) is 5.56 Å². The second-order valence-electron chi connectivity index (χ2n) is 5.57. The van der Waals surface area contributed by atoms with Crippen LogP contribution in [0.3, 0.4) is 0 Å². The standard InChI is InChI=1S/C19H19N3O3/c1-14-7-9-15(10-8-14)19-22-21-18(25-19)11-12-20-17(23)13-24-16-5-3-2-4-6-16/h2-10H,11-13H2,1H3,(H,20,23). The van der Waals surface area contributed by atoms with Gasteiger partial charge in [0.1, 0.15) is 5.75 Å². The fourth-order valence-corrected chi connectivity index (χ4v) is 2.19. The van der Waals surface area contributed by atoms with Gasteiger partial charge in [0.25, 0.3) is 5.91 Å². The quantitative estimate of drug-likeness (QED) is 0.717. The van der Waals surface area contributed by atoms with E-state index >= 15 is 0 Å². The van der Waals surface area contributed by atoms with Crippen LogP contribution < -0.4 is 10.1 Å². The summed E-state index contributed by atoms with van der Waals surface area (Å²) in [6, 6.07) is 17.1. The fourth-order valence-electron chi connectivity index (χ4n) is 2.19. The van der Waals surface area contributed by atoms with E-state index in [0.717, 1.165) is 5.56 Å². The molecule has 0 radical (unpaired) electrons. The number of hydrogen-bond acceptors (Lipinski definition) is 5. The van der Waals surface area contributed by atoms with E-state index in [-0.39, 0.29) is 12.5 Å². The van der Waals surface area contributed by atoms with E-state index in [4.69, 9.17) is 9.15 Å². The zero-order valence-electron chi connectivity index (χ0n) is 13.9. The molecule has 0 aliphatic heterocycles. The Balaban J connectivity index is 1.43. The SMILES string of the molecule is Cc1ccc(-c2nnc(CCNC(=O)COc3ccccc3)o2)cc1. The lowest BCUT2D eigenvalue weighted by molar-refractivity contribution is -0.123. The molecule has 128 valence electrons. The van der Waals surface area contributed by atoms with Crippen molar-refractivity contribution in [2.24, 2.45) is 0 Å². The molecule has 0 aliphatic rings. The number of hydrogen-bond donors (Lipinski definition) is 1. The van der Waals surface area contributed by atoms with Gasteiger partial charge < -0.3 is 14.5 Å². The summed E-state index contributed by atoms with van der Waals surface area (Å²) in [6.07, 6.45) is 0.468. The maximum absolute atomic E-state index is 11.8. The van der Waals surface area contributed by atoms with Gasteiger partial charge in [-0.05, 0) is 31.2 Å². The number of ether oxygens (including phenoxy) is 1. The van der Waals surface area contributed by atoms with Crippen molar-refractivity contribution < 1.29 is 13.9 Å². The number of amides is 1. The van der Waals surface area contributed by atoms with Gasteiger partial charge in [-0.25, -0.2) is 0 Å². The van der Waals surface area contributed by atoms with Crippen LogP contribution in [0.4, 0.5) is 0 Å². The average Bonchev–Trinajstić information content (AvgIpc) is 3.10. The molecular weight excluding hydrogens is 318 g/mol. The number of aryl methyl sites for hydroxylation is 1. The number of nitrogens with zero attached hydrogens (tertiary/aromatic N) is 2. The second-order valence-corrected chi connectivity index (χ2v) is 5.57. The first-order valence-corrected chi connectivity index (χ1v) is 8.05. The van der Waals surface area contributed by atoms with Crippen molar-refractivity contribution in [1.29, 1.82) is 0 Å². The number of benzene rings is 2. The lowest BCUT2D eigenvalue weighted by Crippen LogP contribution is -2.30. The number of aromatic nitrogens is 2. The Morgan fingerprint density at radius 1 is 1.08 bits per heavy atom. The molecule has 0 saturated heterocycles. The number of nitrogens with one attached hydrogen (secondary N) is 1. The Hall–Kier alpha value is -3.15. The van der Waals surface area contributed by atoms with Gasteiger partial charge in [-0.15, -0.1) is 10.2 Å². The summed E-state index contributed by atoms with van der Waals surface area (Å²) in [5.41, 5.74) is 2.05. The van der Waals surface area contributed by atoms with Crippen LogP contribution in [-0.4, -0.2) is 29.3 Å². The first-order chi connectivity index (χ1) is 12.2. The van der Waals surface area contributed by atoms with E-state index in [0.29, 0.717) is 30.5 Å². The molecular formula is C19H19N3O3. The number of rotatable bonds is 7. The molecule has 1 aromatic heterocycles. The van der Waals surface area contributed by atoms with Gasteiger partial charge >= 0.3 is 0 Å². The van der Waals surface area contributed by atoms with Crippen LogP contribution in [0.2, 0.25) is 0 Å². The third-order valence-corrected chi connectivity index (χ3v) is 3.54. The zero-order chi connectivity index (χ0) is 17.5. The van der Waals surface area contributed by atoms with Gasteiger partial charge in [-0.2, -0.15) is 0 Å². The molecule has 0 bridgehead atoms. The fraction of sp³-hybridized carbons (Fsp3) is 0.211. The van der Waals surface area contributed by atoms with Crippen LogP contribution in [0.5, 0.6) is 5.75 Å². The van der Waals surface area contributed by atoms with Crippen LogP contribution in [0.25, 0.3) is 11.5 Å². The van der Waals surface area contributed by atoms with Crippen LogP contribution in [0, 0.1) is 6.92 Å². The Morgan fingerprint density at radius 3 is 2.60 bits per heavy atom. The van der Waals surface area contributed by atoms with Crippen molar-refractivity contribution in [3.05, 3.63) is 66.1 Å². The highest BCUT2D eigenvalue weighted by molar-refractivity contribution is 5.77. The smallest absolute Gasteiger partial charge is 0.257 e. The van der Waals surface area contributed by atoms with Gasteiger partial charge in [-0.3, -0.25) is 4.79 Å². The lowest BCUT2D eigenvalue weighted by Gasteiger charge is -2.06. The highest BCUT2D eigenvalue weighted by Crippen LogP contribution is 2.18. The third-order valence-electron chi connectivity index (χ3n) is 3.54. The van der Waals surface area contributed by atoms with Crippen LogP contribution in [-0.2, 0) is 11.2 Å². The van der Waals surface area contributed by atoms with Crippen molar-refractivity contribution in [1.82, 2.24) is 15.5 Å². The molecule has 0 atom stereocenters. The average molecular weight is 337 g/mol. The molecule has 25 heavy (non-hydrogen) atoms. The molecule has 0 saturated carbocycles. The summed E-state index contributed by atoms with van der Waals surface area (Å²) in [5.74, 6) is 1.44. The molecule has 0 unspecified atom stereocenters. The molecule has 0 fully saturated rings. The van der Waals surface area contributed by atoms with Crippen molar-refractivity contribution >= 4 is 5.91 Å². The van der Waals surface area contributed by atoms with Gasteiger partial charge in [0.05, 0.1) is 0 Å². The first-order valence-electron chi connectivity index (χ1n) is 8.05. The molecule has 0 spiro atoms. The van der Waals surface area contributed by atoms with Gasteiger partial charge in [0.15, 0.2) is 6.61 Å². The monoisotopic (exact) mass is 337 g/mol. The molecule has 1 amide bonds. The molecule has 3 aromatic rings. The van der Waals surface area contributed by atoms with Crippen LogP contribution in [0.1, 0.15) is 11.5 Å². The summed E-state index contributed by atoms with van der Waals surface area (Å²) in [6.45, 7) is 2.40. The van der Waals surface area contributed by atoms with E-state index in [2.05, 4.69) is 15.5 Å². The minimum Gasteiger partial charge on any atom is -0.484 e. The summed E-state index contributed by atoms with van der Waals surface area (Å²) in [4.78, 5) is 11.8. The topological polar surface area (TPSA) is 77.2 Å². The van der Waals surface area contributed by atoms with E-state index in [1.807, 2.05) is 49.4 Å². The Labute approximate surface area is 145 Å². The normalized spacial score (nSPS) is 10.4. The molecule has 2 aromatic carbocycles. The number of carbonyl (C=O) groups excluding carboxylic acids is 1. The highest BCUT2D eigenvalue weighted by atomic mass is 16.5. The van der Waals surface area contributed by atoms with Crippen molar-refractivity contribution in [2.45, 2.75) is 13.3 Å². The molecule has 6 nitrogen and oxygen atoms in total. The van der Waals surface area contributed by atoms with Crippen LogP contribution >= 0.6 is 0 Å². The van der Waals surface area contributed by atoms with Gasteiger partial charge in [0, 0.05) is 18.5 Å². The Morgan fingerprint density at radius 2 is 1.84 bits per heavy atom. The minimum absolute atomic E-state index is 0.0253. The summed E-state index contributed by atoms with van der Waals surface area (Å²) < 4.78 is 11.0. The molecule has 1 heterocycles. The highest BCUT2D eigenvalue weighted by Gasteiger charge is 2.09. The summed E-state index contributed by atoms with van der Waals surface area (Å²) >= 11 is 0. The van der Waals surface area contributed by atoms with Gasteiger partial charge in [-0.1, -0.05) is 35.9 Å². The van der Waals surface area contributed by atoms with E-state index in [1.54, 1.807) is 12.1 Å². The largest absolute Gasteiger partial charge is 0.484 e. The Kier molecular flexibility index (Phi) is 5.41. The zero-order valence-corrected chi connectivity index (χ0v) is 13.9. The number of carbonyl (C=O) groups is 1. The predicted octanol–water partition coefficient (Wildman–Crippen LogP) is 2.78. The lowest BCUT2D eigenvalue weighted by atomic mass is 10.1. The van der Waals surface area contributed by atoms with E-state index in [9.17, 15) is 4.79 Å². The third kappa shape index (κ3) is 4.91. The number of para-hydroxylation sites is 1. The predicted molar refractivity (Wildman–Crippen MR) is 93.1 cm³/mol. The molecule has 0 aliphatic carbocycles. The van der Waals surface area contributed by atoms with Crippen molar-refractivity contribution in [3.8, 4) is 17.2 Å². The first kappa shape index (κ1) is 16.7. The van der Waals surface area contributed by atoms with Gasteiger partial charge in [0.2, 0.25) is 11.8 Å². The van der Waals surface area contributed by atoms with Crippen molar-refractivity contribution in [3.63, 3.8) is 0 Å². The van der Waals surface area contributed by atoms with Crippen LogP contribution in [0.15, 0.2) is 59.0 Å². The summed E-state index contributed by atoms with van der Waals surface area (Å²) in [7, 11) is 0. The second kappa shape index (κ2) is 8.10.